The van der Waals surface area contributed by atoms with Crippen LogP contribution >= 0.6 is 0 Å². The maximum atomic E-state index is 14.6. The fraction of sp³-hybridized carbons (Fsp3) is 0.333. The first-order chi connectivity index (χ1) is 20.0. The smallest absolute Gasteiger partial charge is 0.255 e. The number of aliphatic hydroxyl groups excluding tert-OH is 2. The highest BCUT2D eigenvalue weighted by Crippen LogP contribution is 2.59. The molecular formula is C30H32N6O7. The molecule has 1 amide bonds. The Hall–Kier alpha value is -4.90. The van der Waals surface area contributed by atoms with E-state index in [0.717, 1.165) is 0 Å². The van der Waals surface area contributed by atoms with Gasteiger partial charge in [0.15, 0.2) is 17.0 Å². The molecule has 0 unspecified atom stereocenters. The van der Waals surface area contributed by atoms with Crippen LogP contribution in [0.1, 0.15) is 17.5 Å². The zero-order valence-electron chi connectivity index (χ0n) is 24.0. The van der Waals surface area contributed by atoms with Gasteiger partial charge < -0.3 is 42.5 Å². The summed E-state index contributed by atoms with van der Waals surface area (Å²) in [5.74, 6) is -6.02. The van der Waals surface area contributed by atoms with Gasteiger partial charge in [0.25, 0.3) is 5.91 Å². The number of carbonyl (C=O) groups is 3. The average Bonchev–Trinajstić information content (AvgIpc) is 2.87. The Labute approximate surface area is 246 Å². The molecule has 13 heteroatoms. The van der Waals surface area contributed by atoms with E-state index in [2.05, 4.69) is 0 Å². The van der Waals surface area contributed by atoms with Crippen molar-refractivity contribution >= 4 is 28.9 Å². The van der Waals surface area contributed by atoms with Gasteiger partial charge in [-0.25, -0.2) is 0 Å². The molecule has 1 saturated carbocycles. The van der Waals surface area contributed by atoms with Gasteiger partial charge in [-0.1, -0.05) is 12.1 Å². The third-order valence-electron chi connectivity index (χ3n) is 8.87. The molecule has 0 heterocycles. The minimum atomic E-state index is -2.74. The van der Waals surface area contributed by atoms with Gasteiger partial charge in [0.1, 0.15) is 28.6 Å². The van der Waals surface area contributed by atoms with E-state index in [4.69, 9.17) is 17.2 Å². The number of primary amides is 1. The van der Waals surface area contributed by atoms with Crippen LogP contribution in [0.5, 0.6) is 11.5 Å². The van der Waals surface area contributed by atoms with Gasteiger partial charge in [-0.05, 0) is 56.3 Å². The number of anilines is 1. The van der Waals surface area contributed by atoms with Crippen LogP contribution in [0.15, 0.2) is 47.2 Å². The summed E-state index contributed by atoms with van der Waals surface area (Å²) in [5, 5.41) is 55.3. The normalized spacial score (nSPS) is 28.3. The third-order valence-corrected chi connectivity index (χ3v) is 8.87. The summed E-state index contributed by atoms with van der Waals surface area (Å²) in [6.45, 7) is 0. The van der Waals surface area contributed by atoms with Crippen molar-refractivity contribution in [2.45, 2.75) is 30.0 Å². The molecule has 0 bridgehead atoms. The Morgan fingerprint density at radius 1 is 1.07 bits per heavy atom. The average molecular weight is 589 g/mol. The van der Waals surface area contributed by atoms with Crippen LogP contribution in [0.4, 0.5) is 5.69 Å². The molecule has 0 aliphatic heterocycles. The molecule has 2 aromatic rings. The predicted molar refractivity (Wildman–Crippen MR) is 156 cm³/mol. The summed E-state index contributed by atoms with van der Waals surface area (Å²) in [4.78, 5) is 43.5. The molecule has 2 aromatic carbocycles. The molecule has 43 heavy (non-hydrogen) atoms. The van der Waals surface area contributed by atoms with Crippen LogP contribution in [-0.4, -0.2) is 88.1 Å². The van der Waals surface area contributed by atoms with Crippen molar-refractivity contribution < 1.29 is 34.8 Å². The predicted octanol–water partition coefficient (Wildman–Crippen LogP) is 0.344. The number of fused-ring (bicyclic) bond motifs is 3. The fourth-order valence-corrected chi connectivity index (χ4v) is 7.17. The molecule has 5 rings (SSSR count). The van der Waals surface area contributed by atoms with Crippen LogP contribution in [0, 0.1) is 16.7 Å². The van der Waals surface area contributed by atoms with E-state index in [0.29, 0.717) is 16.8 Å². The highest BCUT2D eigenvalue weighted by molar-refractivity contribution is 6.25. The summed E-state index contributed by atoms with van der Waals surface area (Å²) in [7, 11) is 6.37. The lowest BCUT2D eigenvalue weighted by molar-refractivity contribution is -0.139. The van der Waals surface area contributed by atoms with Gasteiger partial charge in [0, 0.05) is 25.3 Å². The van der Waals surface area contributed by atoms with Gasteiger partial charge in [-0.2, -0.15) is 5.26 Å². The third kappa shape index (κ3) is 3.64. The monoisotopic (exact) mass is 588 g/mol. The van der Waals surface area contributed by atoms with Crippen molar-refractivity contribution in [3.8, 4) is 28.7 Å². The van der Waals surface area contributed by atoms with Crippen LogP contribution in [0.25, 0.3) is 16.9 Å². The summed E-state index contributed by atoms with van der Waals surface area (Å²) in [6, 6.07) is 7.98. The number of Topliss-reactive ketones (excluding diaryl/α,β-unsaturated/α-hetero) is 2. The lowest BCUT2D eigenvalue weighted by Crippen LogP contribution is -2.80. The van der Waals surface area contributed by atoms with Gasteiger partial charge >= 0.3 is 0 Å². The Balaban J connectivity index is 1.89. The topological polar surface area (TPSA) is 240 Å². The minimum Gasteiger partial charge on any atom is -0.509 e. The van der Waals surface area contributed by atoms with Crippen molar-refractivity contribution in [1.29, 1.82) is 5.26 Å². The van der Waals surface area contributed by atoms with E-state index >= 15 is 0 Å². The molecule has 4 atom stereocenters. The first-order valence-corrected chi connectivity index (χ1v) is 13.3. The quantitative estimate of drug-likeness (QED) is 0.239. The minimum absolute atomic E-state index is 0.0721. The summed E-state index contributed by atoms with van der Waals surface area (Å²) in [6.07, 6.45) is -0.637. The van der Waals surface area contributed by atoms with E-state index in [-0.39, 0.29) is 23.3 Å². The molecular weight excluding hydrogens is 556 g/mol. The van der Waals surface area contributed by atoms with Crippen molar-refractivity contribution in [3.63, 3.8) is 0 Å². The standard InChI is InChI=1S/C30H32N6O7/c1-35(2)17-9-15(13-6-5-7-14(37)8-13)21(38)18-16(17)10-28(33)11-30(34)24(36(3)4)23(40)19(27(32)43)25(41)29(30,12-31)26(42)20(28)22(18)39/h5-9,24,37-39,41H,10-11,33-34H2,1-4H3,(H2,32,43)/t24-,28-,29+,30-/m1/s1. The molecule has 10 N–H and O–H groups in total. The number of benzene rings is 2. The zero-order chi connectivity index (χ0) is 32.0. The number of phenols is 2. The number of hydrogen-bond acceptors (Lipinski definition) is 12. The number of nitrogens with zero attached hydrogens (tertiary/aromatic N) is 3. The van der Waals surface area contributed by atoms with Crippen LogP contribution < -0.4 is 22.1 Å². The number of phenolic OH excluding ortho intramolecular Hbond substituents is 2. The van der Waals surface area contributed by atoms with Gasteiger partial charge in [-0.3, -0.25) is 19.3 Å². The molecule has 224 valence electrons. The maximum Gasteiger partial charge on any atom is 0.255 e. The number of ketones is 2. The Kier molecular flexibility index (Phi) is 6.40. The van der Waals surface area contributed by atoms with Crippen LogP contribution in [-0.2, 0) is 20.8 Å². The molecule has 3 aliphatic rings. The molecule has 3 aliphatic carbocycles. The second-order valence-electron chi connectivity index (χ2n) is 11.9. The van der Waals surface area contributed by atoms with Crippen molar-refractivity contribution in [2.75, 3.05) is 33.1 Å². The second-order valence-corrected chi connectivity index (χ2v) is 11.9. The summed E-state index contributed by atoms with van der Waals surface area (Å²) >= 11 is 0. The molecule has 0 radical (unpaired) electrons. The Bertz CT molecular complexity index is 1760. The lowest BCUT2D eigenvalue weighted by Gasteiger charge is -2.58. The largest absolute Gasteiger partial charge is 0.509 e. The van der Waals surface area contributed by atoms with Crippen LogP contribution in [0.2, 0.25) is 0 Å². The van der Waals surface area contributed by atoms with E-state index in [1.165, 1.54) is 31.1 Å². The lowest BCUT2D eigenvalue weighted by atomic mass is 9.47. The van der Waals surface area contributed by atoms with Crippen molar-refractivity contribution in [2.24, 2.45) is 22.6 Å². The number of aromatic hydroxyl groups is 2. The second kappa shape index (κ2) is 9.30. The Morgan fingerprint density at radius 3 is 2.26 bits per heavy atom. The molecule has 0 saturated heterocycles. The summed E-state index contributed by atoms with van der Waals surface area (Å²) < 4.78 is 0. The number of amides is 1. The van der Waals surface area contributed by atoms with E-state index < -0.39 is 74.8 Å². The number of hydrogen-bond donors (Lipinski definition) is 7. The van der Waals surface area contributed by atoms with Crippen LogP contribution in [0.3, 0.4) is 0 Å². The number of rotatable bonds is 4. The first kappa shape index (κ1) is 29.6. The summed E-state index contributed by atoms with van der Waals surface area (Å²) in [5.41, 5.74) is 12.4. The number of aliphatic hydroxyl groups is 2. The van der Waals surface area contributed by atoms with E-state index in [9.17, 15) is 40.1 Å². The first-order valence-electron chi connectivity index (χ1n) is 13.3. The van der Waals surface area contributed by atoms with E-state index in [1.807, 2.05) is 0 Å². The number of likely N-dealkylation sites (N-methyl/N-ethyl adjacent to an activating group) is 1. The number of nitriles is 1. The highest BCUT2D eigenvalue weighted by Gasteiger charge is 2.74. The number of carbonyl (C=O) groups excluding carboxylic acids is 3. The molecule has 0 aromatic heterocycles. The highest BCUT2D eigenvalue weighted by atomic mass is 16.3. The maximum absolute atomic E-state index is 14.6. The molecule has 13 nitrogen and oxygen atoms in total. The number of nitrogens with two attached hydrogens (primary N) is 3. The van der Waals surface area contributed by atoms with Gasteiger partial charge in [-0.15, -0.1) is 0 Å². The SMILES string of the molecule is CN(C)c1cc(-c2cccc(O)c2)c(O)c2c1C[C@@]1(N)C[C@@]3(N)[C@H](N(C)C)C(=O)C(C(N)=O)=C(O)[C@@]3(C#N)C(=O)C1=C2O. The Morgan fingerprint density at radius 2 is 1.72 bits per heavy atom. The molecule has 0 spiro atoms. The van der Waals surface area contributed by atoms with Crippen molar-refractivity contribution in [3.05, 3.63) is 58.4 Å². The van der Waals surface area contributed by atoms with Crippen molar-refractivity contribution in [1.82, 2.24) is 4.90 Å². The van der Waals surface area contributed by atoms with Gasteiger partial charge in [0.05, 0.1) is 34.3 Å². The zero-order valence-corrected chi connectivity index (χ0v) is 24.0. The van der Waals surface area contributed by atoms with E-state index in [1.54, 1.807) is 43.3 Å². The molecule has 1 fully saturated rings. The van der Waals surface area contributed by atoms with Gasteiger partial charge in [0.2, 0.25) is 0 Å². The fourth-order valence-electron chi connectivity index (χ4n) is 7.17.